The lowest BCUT2D eigenvalue weighted by molar-refractivity contribution is 0.281. The zero-order valence-electron chi connectivity index (χ0n) is 13.7. The van der Waals surface area contributed by atoms with Gasteiger partial charge >= 0.3 is 0 Å². The third-order valence-electron chi connectivity index (χ3n) is 3.87. The Bertz CT molecular complexity index is 597. The number of benzene rings is 1. The molecule has 0 aromatic heterocycles. The fourth-order valence-corrected chi connectivity index (χ4v) is 2.84. The number of hydrogen-bond acceptors (Lipinski definition) is 7. The first-order valence-corrected chi connectivity index (χ1v) is 7.94. The van der Waals surface area contributed by atoms with Crippen molar-refractivity contribution >= 4 is 17.3 Å². The van der Waals surface area contributed by atoms with Crippen molar-refractivity contribution in [2.24, 2.45) is 4.99 Å². The Balaban J connectivity index is 2.47. The quantitative estimate of drug-likeness (QED) is 0.397. The summed E-state index contributed by atoms with van der Waals surface area (Å²) < 4.78 is 5.61. The Morgan fingerprint density at radius 2 is 1.92 bits per heavy atom. The van der Waals surface area contributed by atoms with E-state index < -0.39 is 0 Å². The fraction of sp³-hybridized carbons (Fsp3) is 0.471. The molecule has 0 radical (unpaired) electrons. The predicted octanol–water partition coefficient (Wildman–Crippen LogP) is 0.121. The summed E-state index contributed by atoms with van der Waals surface area (Å²) in [4.78, 5) is 6.19. The second-order valence-corrected chi connectivity index (χ2v) is 5.58. The molecule has 0 bridgehead atoms. The molecule has 0 amide bonds. The van der Waals surface area contributed by atoms with Crippen LogP contribution < -0.4 is 10.6 Å². The van der Waals surface area contributed by atoms with Crippen LogP contribution in [0.15, 0.2) is 35.3 Å². The predicted molar refractivity (Wildman–Crippen MR) is 94.5 cm³/mol. The van der Waals surface area contributed by atoms with Gasteiger partial charge in [-0.05, 0) is 29.3 Å². The molecule has 1 saturated heterocycles. The third-order valence-corrected chi connectivity index (χ3v) is 3.87. The molecule has 1 aliphatic heterocycles. The van der Waals surface area contributed by atoms with E-state index in [1.54, 1.807) is 6.07 Å². The topological polar surface area (TPSA) is 112 Å². The highest BCUT2D eigenvalue weighted by atomic mass is 16.5. The van der Waals surface area contributed by atoms with Gasteiger partial charge in [0.1, 0.15) is 6.61 Å². The molecule has 1 fully saturated rings. The minimum Gasteiger partial charge on any atom is -0.476 e. The fourth-order valence-electron chi connectivity index (χ4n) is 2.84. The van der Waals surface area contributed by atoms with Gasteiger partial charge in [0.15, 0.2) is 5.90 Å². The van der Waals surface area contributed by atoms with Crippen LogP contribution in [0.25, 0.3) is 0 Å². The molecule has 7 nitrogen and oxygen atoms in total. The molecule has 1 aliphatic rings. The van der Waals surface area contributed by atoms with E-state index in [4.69, 9.17) is 15.6 Å². The number of nitrogen functional groups attached to an aromatic ring is 1. The van der Waals surface area contributed by atoms with E-state index >= 15 is 0 Å². The van der Waals surface area contributed by atoms with Gasteiger partial charge in [-0.25, -0.2) is 0 Å². The number of nitrogens with zero attached hydrogens (tertiary/aromatic N) is 2. The highest BCUT2D eigenvalue weighted by Gasteiger charge is 2.32. The number of aliphatic imine (C=N–C) groups is 1. The van der Waals surface area contributed by atoms with Gasteiger partial charge in [-0.15, -0.1) is 0 Å². The van der Waals surface area contributed by atoms with Crippen molar-refractivity contribution in [3.05, 3.63) is 35.9 Å². The average molecular weight is 335 g/mol. The van der Waals surface area contributed by atoms with Crippen molar-refractivity contribution < 1.29 is 20.1 Å². The molecule has 132 valence electrons. The van der Waals surface area contributed by atoms with Crippen LogP contribution in [0, 0.1) is 0 Å². The summed E-state index contributed by atoms with van der Waals surface area (Å²) in [6.45, 7) is 5.35. The van der Waals surface area contributed by atoms with Gasteiger partial charge in [0.25, 0.3) is 0 Å². The molecule has 1 atom stereocenters. The van der Waals surface area contributed by atoms with Crippen LogP contribution in [0.2, 0.25) is 0 Å². The van der Waals surface area contributed by atoms with Crippen molar-refractivity contribution in [1.82, 2.24) is 0 Å². The van der Waals surface area contributed by atoms with Gasteiger partial charge < -0.3 is 30.7 Å². The van der Waals surface area contributed by atoms with Crippen molar-refractivity contribution in [3.63, 3.8) is 0 Å². The van der Waals surface area contributed by atoms with Gasteiger partial charge in [0.05, 0.1) is 32.3 Å². The third kappa shape index (κ3) is 4.05. The number of aliphatic hydroxyl groups is 3. The lowest BCUT2D eigenvalue weighted by atomic mass is 9.91. The van der Waals surface area contributed by atoms with E-state index in [1.165, 1.54) is 0 Å². The molecule has 1 aromatic carbocycles. The van der Waals surface area contributed by atoms with Gasteiger partial charge in [0.2, 0.25) is 0 Å². The normalized spacial score (nSPS) is 18.9. The number of anilines is 2. The van der Waals surface area contributed by atoms with Crippen LogP contribution in [0.5, 0.6) is 0 Å². The largest absolute Gasteiger partial charge is 0.476 e. The first-order valence-electron chi connectivity index (χ1n) is 7.94. The van der Waals surface area contributed by atoms with Gasteiger partial charge in [-0.3, -0.25) is 4.99 Å². The number of nitrogens with two attached hydrogens (primary N) is 1. The zero-order valence-corrected chi connectivity index (χ0v) is 13.7. The minimum atomic E-state index is -0.255. The number of rotatable bonds is 8. The summed E-state index contributed by atoms with van der Waals surface area (Å²) >= 11 is 0. The van der Waals surface area contributed by atoms with Gasteiger partial charge in [-0.2, -0.15) is 0 Å². The molecule has 1 unspecified atom stereocenters. The zero-order chi connectivity index (χ0) is 17.5. The summed E-state index contributed by atoms with van der Waals surface area (Å²) in [5, 5.41) is 27.6. The van der Waals surface area contributed by atoms with Crippen LogP contribution in [-0.2, 0) is 4.74 Å². The van der Waals surface area contributed by atoms with Crippen LogP contribution in [0.4, 0.5) is 11.4 Å². The molecule has 1 heterocycles. The van der Waals surface area contributed by atoms with Crippen LogP contribution >= 0.6 is 0 Å². The lowest BCUT2D eigenvalue weighted by Gasteiger charge is -2.28. The van der Waals surface area contributed by atoms with E-state index in [0.29, 0.717) is 31.3 Å². The number of hydrogen-bond donors (Lipinski definition) is 4. The minimum absolute atomic E-state index is 0.0304. The Kier molecular flexibility index (Phi) is 6.60. The Hall–Kier alpha value is -2.09. The highest BCUT2D eigenvalue weighted by Crippen LogP contribution is 2.38. The first-order chi connectivity index (χ1) is 11.6. The van der Waals surface area contributed by atoms with E-state index in [2.05, 4.69) is 11.6 Å². The van der Waals surface area contributed by atoms with Crippen molar-refractivity contribution in [2.75, 3.05) is 56.7 Å². The maximum atomic E-state index is 9.31. The summed E-state index contributed by atoms with van der Waals surface area (Å²) in [6, 6.07) is 5.49. The van der Waals surface area contributed by atoms with Crippen molar-refractivity contribution in [2.45, 2.75) is 5.92 Å². The van der Waals surface area contributed by atoms with Crippen molar-refractivity contribution in [1.29, 1.82) is 0 Å². The molecule has 1 aromatic rings. The highest BCUT2D eigenvalue weighted by molar-refractivity contribution is 5.91. The standard InChI is InChI=1S/C17H25N3O4/c1-12-11-24-17(19-4-7-21)16(12)14-10-13(18)2-3-15(14)20(5-8-22)6-9-23/h2-3,10,16,21-23H,1,4-9,11,18H2. The van der Waals surface area contributed by atoms with E-state index in [-0.39, 0.29) is 32.3 Å². The number of ether oxygens (including phenoxy) is 1. The summed E-state index contributed by atoms with van der Waals surface area (Å²) in [5.74, 6) is 0.254. The lowest BCUT2D eigenvalue weighted by Crippen LogP contribution is -2.31. The van der Waals surface area contributed by atoms with E-state index in [1.807, 2.05) is 17.0 Å². The van der Waals surface area contributed by atoms with Gasteiger partial charge in [-0.1, -0.05) is 6.58 Å². The summed E-state index contributed by atoms with van der Waals surface area (Å²) in [5.41, 5.74) is 9.14. The first kappa shape index (κ1) is 18.3. The second kappa shape index (κ2) is 8.68. The summed E-state index contributed by atoms with van der Waals surface area (Å²) in [6.07, 6.45) is 0. The molecule has 2 rings (SSSR count). The molecule has 24 heavy (non-hydrogen) atoms. The monoisotopic (exact) mass is 335 g/mol. The Morgan fingerprint density at radius 3 is 2.54 bits per heavy atom. The molecule has 5 N–H and O–H groups in total. The molecular formula is C17H25N3O4. The second-order valence-electron chi connectivity index (χ2n) is 5.58. The van der Waals surface area contributed by atoms with Crippen LogP contribution in [0.3, 0.4) is 0 Å². The molecular weight excluding hydrogens is 310 g/mol. The molecule has 7 heteroatoms. The van der Waals surface area contributed by atoms with E-state index in [9.17, 15) is 10.2 Å². The van der Waals surface area contributed by atoms with Crippen LogP contribution in [-0.4, -0.2) is 67.3 Å². The maximum absolute atomic E-state index is 9.31. The smallest absolute Gasteiger partial charge is 0.195 e. The Morgan fingerprint density at radius 1 is 1.21 bits per heavy atom. The van der Waals surface area contributed by atoms with Gasteiger partial charge in [0, 0.05) is 24.5 Å². The van der Waals surface area contributed by atoms with E-state index in [0.717, 1.165) is 16.8 Å². The maximum Gasteiger partial charge on any atom is 0.195 e. The Labute approximate surface area is 141 Å². The average Bonchev–Trinajstić information content (AvgIpc) is 2.93. The van der Waals surface area contributed by atoms with Crippen molar-refractivity contribution in [3.8, 4) is 0 Å². The van der Waals surface area contributed by atoms with Crippen LogP contribution in [0.1, 0.15) is 11.5 Å². The molecule has 0 saturated carbocycles. The molecule has 0 aliphatic carbocycles. The number of aliphatic hydroxyl groups excluding tert-OH is 3. The molecule has 0 spiro atoms. The SMILES string of the molecule is C=C1COC(=NCCO)C1c1cc(N)ccc1N(CCO)CCO. The summed E-state index contributed by atoms with van der Waals surface area (Å²) in [7, 11) is 0.